The molecule has 0 spiro atoms. The maximum atomic E-state index is 12.4. The molecule has 3 rings (SSSR count). The summed E-state index contributed by atoms with van der Waals surface area (Å²) in [5.41, 5.74) is 3.11. The lowest BCUT2D eigenvalue weighted by atomic mass is 10.1. The van der Waals surface area contributed by atoms with E-state index in [2.05, 4.69) is 10.3 Å². The molecule has 2 aromatic heterocycles. The third-order valence-electron chi connectivity index (χ3n) is 3.71. The number of nitrogens with one attached hydrogen (secondary N) is 1. The lowest BCUT2D eigenvalue weighted by Gasteiger charge is -2.09. The summed E-state index contributed by atoms with van der Waals surface area (Å²) in [6.45, 7) is 0.372. The summed E-state index contributed by atoms with van der Waals surface area (Å²) in [7, 11) is 3.09. The van der Waals surface area contributed by atoms with Crippen LogP contribution in [0.3, 0.4) is 0 Å². The third kappa shape index (κ3) is 3.98. The minimum atomic E-state index is -0.212. The minimum absolute atomic E-state index is 0.212. The van der Waals surface area contributed by atoms with E-state index in [1.54, 1.807) is 51.1 Å². The average molecular weight is 338 g/mol. The summed E-state index contributed by atoms with van der Waals surface area (Å²) in [6.07, 6.45) is 4.97. The SMILES string of the molecule is COc1cc(OC)cc(C(=O)NCc2ccc(-c3ccoc3)nc2)c1. The molecule has 0 aliphatic heterocycles. The second kappa shape index (κ2) is 7.53. The van der Waals surface area contributed by atoms with Gasteiger partial charge in [-0.1, -0.05) is 6.07 Å². The summed E-state index contributed by atoms with van der Waals surface area (Å²) in [6, 6.07) is 10.7. The fourth-order valence-electron chi connectivity index (χ4n) is 2.33. The predicted molar refractivity (Wildman–Crippen MR) is 92.7 cm³/mol. The highest BCUT2D eigenvalue weighted by Crippen LogP contribution is 2.22. The standard InChI is InChI=1S/C19H18N2O4/c1-23-16-7-15(8-17(9-16)24-2)19(22)21-11-13-3-4-18(20-10-13)14-5-6-25-12-14/h3-10,12H,11H2,1-2H3,(H,21,22). The van der Waals surface area contributed by atoms with Gasteiger partial charge in [-0.25, -0.2) is 0 Å². The Bertz CT molecular complexity index is 820. The van der Waals surface area contributed by atoms with E-state index in [4.69, 9.17) is 13.9 Å². The molecule has 0 aliphatic carbocycles. The molecule has 1 N–H and O–H groups in total. The van der Waals surface area contributed by atoms with Gasteiger partial charge in [0.25, 0.3) is 5.91 Å². The number of carbonyl (C=O) groups excluding carboxylic acids is 1. The molecule has 6 heteroatoms. The predicted octanol–water partition coefficient (Wildman–Crippen LogP) is 3.29. The van der Waals surface area contributed by atoms with Crippen LogP contribution in [0.25, 0.3) is 11.3 Å². The first-order chi connectivity index (χ1) is 12.2. The fourth-order valence-corrected chi connectivity index (χ4v) is 2.33. The molecule has 25 heavy (non-hydrogen) atoms. The Hall–Kier alpha value is -3.28. The van der Waals surface area contributed by atoms with Crippen molar-refractivity contribution in [2.24, 2.45) is 0 Å². The molecular weight excluding hydrogens is 320 g/mol. The van der Waals surface area contributed by atoms with E-state index < -0.39 is 0 Å². The Morgan fingerprint density at radius 2 is 1.88 bits per heavy atom. The summed E-state index contributed by atoms with van der Waals surface area (Å²) < 4.78 is 15.4. The molecule has 128 valence electrons. The first-order valence-corrected chi connectivity index (χ1v) is 7.68. The van der Waals surface area contributed by atoms with Gasteiger partial charge in [-0.3, -0.25) is 9.78 Å². The van der Waals surface area contributed by atoms with Crippen molar-refractivity contribution in [1.82, 2.24) is 10.3 Å². The second-order valence-electron chi connectivity index (χ2n) is 5.35. The van der Waals surface area contributed by atoms with Gasteiger partial charge in [0.05, 0.1) is 32.4 Å². The molecule has 0 unspecified atom stereocenters. The molecule has 0 aliphatic rings. The number of carbonyl (C=O) groups is 1. The van der Waals surface area contributed by atoms with E-state index in [0.29, 0.717) is 23.6 Å². The quantitative estimate of drug-likeness (QED) is 0.746. The fraction of sp³-hybridized carbons (Fsp3) is 0.158. The number of furan rings is 1. The molecule has 0 fully saturated rings. The van der Waals surface area contributed by atoms with Crippen molar-refractivity contribution in [3.8, 4) is 22.8 Å². The molecule has 0 bridgehead atoms. The number of rotatable bonds is 6. The number of hydrogen-bond donors (Lipinski definition) is 1. The van der Waals surface area contributed by atoms with Gasteiger partial charge in [0.1, 0.15) is 11.5 Å². The minimum Gasteiger partial charge on any atom is -0.497 e. The van der Waals surface area contributed by atoms with Crippen LogP contribution in [-0.2, 0) is 6.54 Å². The van der Waals surface area contributed by atoms with Gasteiger partial charge in [0, 0.05) is 29.9 Å². The maximum absolute atomic E-state index is 12.4. The van der Waals surface area contributed by atoms with Crippen LogP contribution in [0.4, 0.5) is 0 Å². The Balaban J connectivity index is 1.66. The van der Waals surface area contributed by atoms with Crippen molar-refractivity contribution >= 4 is 5.91 Å². The smallest absolute Gasteiger partial charge is 0.251 e. The van der Waals surface area contributed by atoms with Crippen LogP contribution in [0.15, 0.2) is 59.5 Å². The van der Waals surface area contributed by atoms with Crippen LogP contribution in [-0.4, -0.2) is 25.1 Å². The van der Waals surface area contributed by atoms with Gasteiger partial charge in [0.2, 0.25) is 0 Å². The van der Waals surface area contributed by atoms with Crippen LogP contribution in [0.1, 0.15) is 15.9 Å². The molecule has 1 amide bonds. The van der Waals surface area contributed by atoms with E-state index in [-0.39, 0.29) is 5.91 Å². The highest BCUT2D eigenvalue weighted by molar-refractivity contribution is 5.95. The van der Waals surface area contributed by atoms with Crippen LogP contribution in [0.5, 0.6) is 11.5 Å². The number of amides is 1. The van der Waals surface area contributed by atoms with Crippen molar-refractivity contribution in [3.05, 3.63) is 66.2 Å². The molecule has 0 radical (unpaired) electrons. The summed E-state index contributed by atoms with van der Waals surface area (Å²) >= 11 is 0. The van der Waals surface area contributed by atoms with Crippen molar-refractivity contribution in [2.45, 2.75) is 6.54 Å². The zero-order valence-corrected chi connectivity index (χ0v) is 14.0. The van der Waals surface area contributed by atoms with Gasteiger partial charge in [-0.15, -0.1) is 0 Å². The number of aromatic nitrogens is 1. The maximum Gasteiger partial charge on any atom is 0.251 e. The van der Waals surface area contributed by atoms with Gasteiger partial charge in [-0.05, 0) is 29.8 Å². The Morgan fingerprint density at radius 1 is 1.12 bits per heavy atom. The summed E-state index contributed by atoms with van der Waals surface area (Å²) in [5, 5.41) is 2.86. The average Bonchev–Trinajstić information content (AvgIpc) is 3.20. The highest BCUT2D eigenvalue weighted by Gasteiger charge is 2.10. The van der Waals surface area contributed by atoms with Crippen LogP contribution in [0.2, 0.25) is 0 Å². The lowest BCUT2D eigenvalue weighted by molar-refractivity contribution is 0.0950. The molecule has 2 heterocycles. The van der Waals surface area contributed by atoms with Crippen molar-refractivity contribution in [3.63, 3.8) is 0 Å². The molecule has 0 atom stereocenters. The largest absolute Gasteiger partial charge is 0.497 e. The number of nitrogens with zero attached hydrogens (tertiary/aromatic N) is 1. The first kappa shape index (κ1) is 16.6. The third-order valence-corrected chi connectivity index (χ3v) is 3.71. The number of hydrogen-bond acceptors (Lipinski definition) is 5. The van der Waals surface area contributed by atoms with Gasteiger partial charge >= 0.3 is 0 Å². The van der Waals surface area contributed by atoms with E-state index in [1.165, 1.54) is 0 Å². The van der Waals surface area contributed by atoms with Crippen molar-refractivity contribution in [1.29, 1.82) is 0 Å². The first-order valence-electron chi connectivity index (χ1n) is 7.68. The van der Waals surface area contributed by atoms with Crippen molar-refractivity contribution in [2.75, 3.05) is 14.2 Å². The van der Waals surface area contributed by atoms with Crippen LogP contribution < -0.4 is 14.8 Å². The molecule has 0 saturated carbocycles. The number of pyridine rings is 1. The molecular formula is C19H18N2O4. The molecule has 0 saturated heterocycles. The van der Waals surface area contributed by atoms with Gasteiger partial charge in [-0.2, -0.15) is 0 Å². The lowest BCUT2D eigenvalue weighted by Crippen LogP contribution is -2.22. The highest BCUT2D eigenvalue weighted by atomic mass is 16.5. The van der Waals surface area contributed by atoms with Gasteiger partial charge < -0.3 is 19.2 Å². The van der Waals surface area contributed by atoms with Crippen LogP contribution in [0, 0.1) is 0 Å². The monoisotopic (exact) mass is 338 g/mol. The zero-order chi connectivity index (χ0) is 17.6. The van der Waals surface area contributed by atoms with E-state index >= 15 is 0 Å². The topological polar surface area (TPSA) is 73.6 Å². The number of ether oxygens (including phenoxy) is 2. The number of benzene rings is 1. The summed E-state index contributed by atoms with van der Waals surface area (Å²) in [5.74, 6) is 0.919. The zero-order valence-electron chi connectivity index (χ0n) is 14.0. The summed E-state index contributed by atoms with van der Waals surface area (Å²) in [4.78, 5) is 16.7. The van der Waals surface area contributed by atoms with E-state index in [9.17, 15) is 4.79 Å². The van der Waals surface area contributed by atoms with Gasteiger partial charge in [0.15, 0.2) is 0 Å². The normalized spacial score (nSPS) is 10.3. The van der Waals surface area contributed by atoms with E-state index in [1.807, 2.05) is 18.2 Å². The molecule has 3 aromatic rings. The Labute approximate surface area is 145 Å². The molecule has 1 aromatic carbocycles. The number of methoxy groups -OCH3 is 2. The molecule has 6 nitrogen and oxygen atoms in total. The second-order valence-corrected chi connectivity index (χ2v) is 5.35. The van der Waals surface area contributed by atoms with E-state index in [0.717, 1.165) is 16.8 Å². The van der Waals surface area contributed by atoms with Crippen LogP contribution >= 0.6 is 0 Å². The Morgan fingerprint density at radius 3 is 2.44 bits per heavy atom. The Kier molecular flexibility index (Phi) is 4.99. The van der Waals surface area contributed by atoms with Crippen molar-refractivity contribution < 1.29 is 18.7 Å².